The Balaban J connectivity index is 2.13. The van der Waals surface area contributed by atoms with E-state index in [9.17, 15) is 9.59 Å². The first kappa shape index (κ1) is 18.9. The Morgan fingerprint density at radius 2 is 2.00 bits per heavy atom. The first-order chi connectivity index (χ1) is 11.3. The molecule has 1 aromatic carbocycles. The summed E-state index contributed by atoms with van der Waals surface area (Å²) in [6.45, 7) is 5.90. The maximum absolute atomic E-state index is 12.8. The molecule has 1 aromatic rings. The van der Waals surface area contributed by atoms with Crippen molar-refractivity contribution in [1.82, 2.24) is 4.90 Å². The number of carbonyl (C=O) groups excluding carboxylic acids is 2. The summed E-state index contributed by atoms with van der Waals surface area (Å²) in [7, 11) is 0. The Bertz CT molecular complexity index is 623. The Labute approximate surface area is 151 Å². The van der Waals surface area contributed by atoms with Crippen LogP contribution in [0.5, 0.6) is 0 Å². The molecule has 1 aliphatic heterocycles. The van der Waals surface area contributed by atoms with Crippen LogP contribution in [0.1, 0.15) is 32.8 Å². The Morgan fingerprint density at radius 3 is 2.62 bits per heavy atom. The predicted octanol–water partition coefficient (Wildman–Crippen LogP) is 4.29. The van der Waals surface area contributed by atoms with Gasteiger partial charge < -0.3 is 14.4 Å². The average molecular weight is 374 g/mol. The maximum Gasteiger partial charge on any atom is 0.510 e. The summed E-state index contributed by atoms with van der Waals surface area (Å²) >= 11 is 12.0. The van der Waals surface area contributed by atoms with Crippen LogP contribution in [0.2, 0.25) is 10.0 Å². The molecule has 3 atom stereocenters. The van der Waals surface area contributed by atoms with E-state index in [2.05, 4.69) is 0 Å². The topological polar surface area (TPSA) is 55.8 Å². The molecule has 24 heavy (non-hydrogen) atoms. The molecule has 0 spiro atoms. The van der Waals surface area contributed by atoms with Crippen LogP contribution in [0.4, 0.5) is 4.79 Å². The summed E-state index contributed by atoms with van der Waals surface area (Å²) in [5.74, 6) is 0.0689. The van der Waals surface area contributed by atoms with Crippen molar-refractivity contribution in [2.24, 2.45) is 5.92 Å². The van der Waals surface area contributed by atoms with Crippen molar-refractivity contribution in [2.45, 2.75) is 45.9 Å². The number of carbonyl (C=O) groups is 2. The van der Waals surface area contributed by atoms with Crippen molar-refractivity contribution < 1.29 is 19.1 Å². The van der Waals surface area contributed by atoms with Gasteiger partial charge in [-0.15, -0.1) is 0 Å². The van der Waals surface area contributed by atoms with Gasteiger partial charge in [0.1, 0.15) is 0 Å². The van der Waals surface area contributed by atoms with Gasteiger partial charge in [0.25, 0.3) is 0 Å². The number of likely N-dealkylation sites (tertiary alicyclic amines) is 1. The van der Waals surface area contributed by atoms with Crippen LogP contribution in [0.3, 0.4) is 0 Å². The summed E-state index contributed by atoms with van der Waals surface area (Å²) in [5, 5.41) is 0.960. The van der Waals surface area contributed by atoms with Gasteiger partial charge in [-0.25, -0.2) is 4.79 Å². The molecular weight excluding hydrogens is 353 g/mol. The van der Waals surface area contributed by atoms with E-state index in [-0.39, 0.29) is 30.9 Å². The van der Waals surface area contributed by atoms with E-state index in [4.69, 9.17) is 32.7 Å². The number of hydrogen-bond donors (Lipinski definition) is 0. The summed E-state index contributed by atoms with van der Waals surface area (Å²) in [4.78, 5) is 26.0. The molecule has 0 radical (unpaired) electrons. The second-order valence-corrected chi connectivity index (χ2v) is 6.77. The molecule has 0 saturated carbocycles. The third-order valence-electron chi connectivity index (χ3n) is 4.29. The summed E-state index contributed by atoms with van der Waals surface area (Å²) in [6.07, 6.45) is -0.672. The number of nitrogens with zero attached hydrogens (tertiary/aromatic N) is 1. The molecule has 132 valence electrons. The van der Waals surface area contributed by atoms with Crippen molar-refractivity contribution >= 4 is 35.3 Å². The van der Waals surface area contributed by atoms with Gasteiger partial charge in [0, 0.05) is 22.5 Å². The summed E-state index contributed by atoms with van der Waals surface area (Å²) in [6, 6.07) is 4.99. The quantitative estimate of drug-likeness (QED) is 0.738. The first-order valence-corrected chi connectivity index (χ1v) is 8.67. The number of ether oxygens (including phenoxy) is 2. The van der Waals surface area contributed by atoms with E-state index in [1.807, 2.05) is 13.8 Å². The molecule has 5 nitrogen and oxygen atoms in total. The SMILES string of the molecule is CCOC(=O)OC1CC(C)C(C)N1C(=O)Cc1ccc(Cl)cc1Cl. The van der Waals surface area contributed by atoms with Gasteiger partial charge in [0.2, 0.25) is 5.91 Å². The molecule has 3 unspecified atom stereocenters. The number of hydrogen-bond acceptors (Lipinski definition) is 4. The minimum atomic E-state index is -0.758. The minimum absolute atomic E-state index is 0.0389. The second-order valence-electron chi connectivity index (χ2n) is 5.92. The van der Waals surface area contributed by atoms with Crippen molar-refractivity contribution in [2.75, 3.05) is 6.61 Å². The summed E-state index contributed by atoms with van der Waals surface area (Å²) < 4.78 is 10.1. The van der Waals surface area contributed by atoms with Gasteiger partial charge in [0.05, 0.1) is 13.0 Å². The van der Waals surface area contributed by atoms with Crippen LogP contribution in [0.25, 0.3) is 0 Å². The minimum Gasteiger partial charge on any atom is -0.435 e. The molecule has 2 rings (SSSR count). The van der Waals surface area contributed by atoms with E-state index in [1.165, 1.54) is 0 Å². The molecule has 0 aromatic heterocycles. The highest BCUT2D eigenvalue weighted by atomic mass is 35.5. The number of halogens is 2. The Morgan fingerprint density at radius 1 is 1.29 bits per heavy atom. The normalized spacial score (nSPS) is 23.2. The molecule has 1 aliphatic rings. The van der Waals surface area contributed by atoms with Crippen molar-refractivity contribution in [1.29, 1.82) is 0 Å². The molecule has 1 amide bonds. The zero-order valence-electron chi connectivity index (χ0n) is 13.9. The molecule has 0 aliphatic carbocycles. The lowest BCUT2D eigenvalue weighted by molar-refractivity contribution is -0.141. The van der Waals surface area contributed by atoms with Gasteiger partial charge in [-0.2, -0.15) is 0 Å². The van der Waals surface area contributed by atoms with Gasteiger partial charge in [-0.05, 0) is 37.5 Å². The molecule has 7 heteroatoms. The van der Waals surface area contributed by atoms with Crippen LogP contribution in [-0.4, -0.2) is 35.8 Å². The largest absolute Gasteiger partial charge is 0.510 e. The predicted molar refractivity (Wildman–Crippen MR) is 92.2 cm³/mol. The zero-order chi connectivity index (χ0) is 17.9. The lowest BCUT2D eigenvalue weighted by Gasteiger charge is -2.28. The average Bonchev–Trinajstić information content (AvgIpc) is 2.77. The monoisotopic (exact) mass is 373 g/mol. The van der Waals surface area contributed by atoms with Gasteiger partial charge >= 0.3 is 6.16 Å². The van der Waals surface area contributed by atoms with Crippen LogP contribution in [-0.2, 0) is 20.7 Å². The van der Waals surface area contributed by atoms with E-state index >= 15 is 0 Å². The smallest absolute Gasteiger partial charge is 0.435 e. The van der Waals surface area contributed by atoms with E-state index in [0.29, 0.717) is 22.0 Å². The third kappa shape index (κ3) is 4.33. The van der Waals surface area contributed by atoms with Crippen LogP contribution < -0.4 is 0 Å². The highest BCUT2D eigenvalue weighted by Crippen LogP contribution is 2.32. The third-order valence-corrected chi connectivity index (χ3v) is 4.87. The van der Waals surface area contributed by atoms with Crippen molar-refractivity contribution in [3.63, 3.8) is 0 Å². The first-order valence-electron chi connectivity index (χ1n) is 7.92. The highest BCUT2D eigenvalue weighted by Gasteiger charge is 2.41. The van der Waals surface area contributed by atoms with E-state index < -0.39 is 12.4 Å². The highest BCUT2D eigenvalue weighted by molar-refractivity contribution is 6.35. The Kier molecular flexibility index (Phi) is 6.35. The van der Waals surface area contributed by atoms with Crippen LogP contribution in [0, 0.1) is 5.92 Å². The fourth-order valence-electron chi connectivity index (χ4n) is 2.84. The standard InChI is InChI=1S/C17H21Cl2NO4/c1-4-23-17(22)24-16-7-10(2)11(3)20(16)15(21)8-12-5-6-13(18)9-14(12)19/h5-6,9-11,16H,4,7-8H2,1-3H3. The van der Waals surface area contributed by atoms with E-state index in [1.54, 1.807) is 30.0 Å². The van der Waals surface area contributed by atoms with Gasteiger partial charge in [-0.3, -0.25) is 4.79 Å². The number of benzene rings is 1. The maximum atomic E-state index is 12.8. The van der Waals surface area contributed by atoms with Crippen LogP contribution in [0.15, 0.2) is 18.2 Å². The Hall–Kier alpha value is -1.46. The zero-order valence-corrected chi connectivity index (χ0v) is 15.4. The number of rotatable bonds is 4. The van der Waals surface area contributed by atoms with Crippen molar-refractivity contribution in [3.8, 4) is 0 Å². The van der Waals surface area contributed by atoms with Gasteiger partial charge in [0.15, 0.2) is 6.23 Å². The fraction of sp³-hybridized carbons (Fsp3) is 0.529. The van der Waals surface area contributed by atoms with Crippen molar-refractivity contribution in [3.05, 3.63) is 33.8 Å². The lowest BCUT2D eigenvalue weighted by Crippen LogP contribution is -2.43. The molecule has 1 heterocycles. The molecule has 1 fully saturated rings. The second kappa shape index (κ2) is 8.08. The van der Waals surface area contributed by atoms with E-state index in [0.717, 1.165) is 0 Å². The molecule has 1 saturated heterocycles. The van der Waals surface area contributed by atoms with Crippen LogP contribution >= 0.6 is 23.2 Å². The lowest BCUT2D eigenvalue weighted by atomic mass is 10.0. The summed E-state index contributed by atoms with van der Waals surface area (Å²) in [5.41, 5.74) is 0.688. The fourth-order valence-corrected chi connectivity index (χ4v) is 3.32. The molecule has 0 bridgehead atoms. The van der Waals surface area contributed by atoms with Gasteiger partial charge in [-0.1, -0.05) is 36.2 Å². The molecule has 0 N–H and O–H groups in total. The number of amides is 1. The molecular formula is C17H21Cl2NO4.